The van der Waals surface area contributed by atoms with Crippen molar-refractivity contribution in [2.75, 3.05) is 11.9 Å². The third-order valence-electron chi connectivity index (χ3n) is 2.72. The molecular formula is C15H21N3O2. The van der Waals surface area contributed by atoms with Crippen LogP contribution in [-0.2, 0) is 13.0 Å². The van der Waals surface area contributed by atoms with Crippen molar-refractivity contribution in [1.29, 1.82) is 0 Å². The van der Waals surface area contributed by atoms with Crippen molar-refractivity contribution in [3.63, 3.8) is 0 Å². The Labute approximate surface area is 119 Å². The molecule has 1 N–H and O–H groups in total. The van der Waals surface area contributed by atoms with Crippen molar-refractivity contribution in [2.24, 2.45) is 5.92 Å². The Balaban J connectivity index is 1.96. The van der Waals surface area contributed by atoms with E-state index >= 15 is 0 Å². The number of anilines is 1. The lowest BCUT2D eigenvalue weighted by atomic mass is 10.1. The zero-order valence-corrected chi connectivity index (χ0v) is 12.2. The molecule has 0 amide bonds. The summed E-state index contributed by atoms with van der Waals surface area (Å²) in [4.78, 5) is 4.36. The second kappa shape index (κ2) is 6.93. The monoisotopic (exact) mass is 275 g/mol. The number of aromatic nitrogens is 2. The maximum Gasteiger partial charge on any atom is 0.245 e. The van der Waals surface area contributed by atoms with E-state index in [4.69, 9.17) is 9.26 Å². The van der Waals surface area contributed by atoms with E-state index in [1.807, 2.05) is 31.2 Å². The molecule has 0 saturated carbocycles. The molecule has 0 atom stereocenters. The molecule has 5 heteroatoms. The number of rotatable bonds is 7. The average Bonchev–Trinajstić information content (AvgIpc) is 2.85. The first-order valence-corrected chi connectivity index (χ1v) is 6.96. The number of hydrogen-bond donors (Lipinski definition) is 1. The first-order valence-electron chi connectivity index (χ1n) is 6.96. The van der Waals surface area contributed by atoms with Gasteiger partial charge in [-0.3, -0.25) is 0 Å². The van der Waals surface area contributed by atoms with Gasteiger partial charge in [-0.15, -0.1) is 0 Å². The number of nitrogens with one attached hydrogen (secondary N) is 1. The molecule has 0 radical (unpaired) electrons. The molecule has 0 aliphatic carbocycles. The van der Waals surface area contributed by atoms with Gasteiger partial charge in [0, 0.05) is 6.42 Å². The van der Waals surface area contributed by atoms with Crippen molar-refractivity contribution >= 4 is 5.69 Å². The SMILES string of the molecule is CCOc1ccccc1NCc1nc(CC(C)C)no1. The molecule has 2 rings (SSSR count). The predicted molar refractivity (Wildman–Crippen MR) is 77.8 cm³/mol. The van der Waals surface area contributed by atoms with Crippen molar-refractivity contribution in [1.82, 2.24) is 10.1 Å². The number of nitrogens with zero attached hydrogens (tertiary/aromatic N) is 2. The first kappa shape index (κ1) is 14.4. The number of para-hydroxylation sites is 2. The molecule has 0 bridgehead atoms. The zero-order valence-electron chi connectivity index (χ0n) is 12.2. The topological polar surface area (TPSA) is 60.2 Å². The van der Waals surface area contributed by atoms with Gasteiger partial charge in [0.05, 0.1) is 18.8 Å². The molecule has 0 aliphatic heterocycles. The Kier molecular flexibility index (Phi) is 4.98. The van der Waals surface area contributed by atoms with Crippen LogP contribution in [0.5, 0.6) is 5.75 Å². The van der Waals surface area contributed by atoms with Crippen molar-refractivity contribution in [2.45, 2.75) is 33.7 Å². The van der Waals surface area contributed by atoms with Crippen LogP contribution in [0.1, 0.15) is 32.5 Å². The van der Waals surface area contributed by atoms with Gasteiger partial charge in [-0.05, 0) is 25.0 Å². The number of ether oxygens (including phenoxy) is 1. The fourth-order valence-electron chi connectivity index (χ4n) is 1.87. The molecular weight excluding hydrogens is 254 g/mol. The second-order valence-corrected chi connectivity index (χ2v) is 4.99. The van der Waals surface area contributed by atoms with Crippen molar-refractivity contribution in [3.05, 3.63) is 36.0 Å². The third kappa shape index (κ3) is 3.98. The van der Waals surface area contributed by atoms with Crippen LogP contribution in [0.2, 0.25) is 0 Å². The molecule has 0 saturated heterocycles. The molecule has 1 aromatic heterocycles. The number of hydrogen-bond acceptors (Lipinski definition) is 5. The minimum atomic E-state index is 0.495. The summed E-state index contributed by atoms with van der Waals surface area (Å²) >= 11 is 0. The summed E-state index contributed by atoms with van der Waals surface area (Å²) in [5, 5.41) is 7.23. The van der Waals surface area contributed by atoms with E-state index < -0.39 is 0 Å². The zero-order chi connectivity index (χ0) is 14.4. The molecule has 0 fully saturated rings. The van der Waals surface area contributed by atoms with E-state index in [9.17, 15) is 0 Å². The summed E-state index contributed by atoms with van der Waals surface area (Å²) in [5.41, 5.74) is 0.929. The van der Waals surface area contributed by atoms with Gasteiger partial charge in [0.25, 0.3) is 0 Å². The van der Waals surface area contributed by atoms with Crippen LogP contribution in [0.3, 0.4) is 0 Å². The maximum absolute atomic E-state index is 5.55. The Morgan fingerprint density at radius 3 is 2.85 bits per heavy atom. The minimum absolute atomic E-state index is 0.495. The van der Waals surface area contributed by atoms with Crippen molar-refractivity contribution in [3.8, 4) is 5.75 Å². The average molecular weight is 275 g/mol. The Morgan fingerprint density at radius 2 is 2.10 bits per heavy atom. The minimum Gasteiger partial charge on any atom is -0.492 e. The summed E-state index contributed by atoms with van der Waals surface area (Å²) in [6.07, 6.45) is 0.832. The van der Waals surface area contributed by atoms with Crippen LogP contribution in [-0.4, -0.2) is 16.7 Å². The Bertz CT molecular complexity index is 537. The summed E-state index contributed by atoms with van der Waals surface area (Å²) in [5.74, 6) is 2.70. The molecule has 0 spiro atoms. The summed E-state index contributed by atoms with van der Waals surface area (Å²) in [7, 11) is 0. The van der Waals surface area contributed by atoms with Gasteiger partial charge in [-0.25, -0.2) is 0 Å². The molecule has 0 aliphatic rings. The largest absolute Gasteiger partial charge is 0.492 e. The fraction of sp³-hybridized carbons (Fsp3) is 0.467. The van der Waals surface area contributed by atoms with Gasteiger partial charge in [0.2, 0.25) is 5.89 Å². The lowest BCUT2D eigenvalue weighted by molar-refractivity contribution is 0.341. The molecule has 20 heavy (non-hydrogen) atoms. The van der Waals surface area contributed by atoms with E-state index in [1.165, 1.54) is 0 Å². The summed E-state index contributed by atoms with van der Waals surface area (Å²) in [6.45, 7) is 7.36. The third-order valence-corrected chi connectivity index (χ3v) is 2.72. The van der Waals surface area contributed by atoms with Gasteiger partial charge in [0.1, 0.15) is 5.75 Å². The lowest BCUT2D eigenvalue weighted by Crippen LogP contribution is -2.03. The van der Waals surface area contributed by atoms with E-state index in [0.29, 0.717) is 25.0 Å². The molecule has 5 nitrogen and oxygen atoms in total. The van der Waals surface area contributed by atoms with E-state index in [2.05, 4.69) is 29.3 Å². The van der Waals surface area contributed by atoms with Gasteiger partial charge in [-0.2, -0.15) is 4.98 Å². The molecule has 1 heterocycles. The predicted octanol–water partition coefficient (Wildman–Crippen LogP) is 3.28. The molecule has 2 aromatic rings. The molecule has 1 aromatic carbocycles. The van der Waals surface area contributed by atoms with Crippen LogP contribution < -0.4 is 10.1 Å². The quantitative estimate of drug-likeness (QED) is 0.840. The Morgan fingerprint density at radius 1 is 1.30 bits per heavy atom. The Hall–Kier alpha value is -2.04. The van der Waals surface area contributed by atoms with Crippen LogP contribution in [0, 0.1) is 5.92 Å². The highest BCUT2D eigenvalue weighted by Crippen LogP contribution is 2.24. The molecule has 108 valence electrons. The van der Waals surface area contributed by atoms with Gasteiger partial charge >= 0.3 is 0 Å². The van der Waals surface area contributed by atoms with Gasteiger partial charge < -0.3 is 14.6 Å². The van der Waals surface area contributed by atoms with Crippen LogP contribution >= 0.6 is 0 Å². The fourth-order valence-corrected chi connectivity index (χ4v) is 1.87. The summed E-state index contributed by atoms with van der Waals surface area (Å²) < 4.78 is 10.8. The highest BCUT2D eigenvalue weighted by Gasteiger charge is 2.09. The van der Waals surface area contributed by atoms with E-state index in [-0.39, 0.29) is 0 Å². The van der Waals surface area contributed by atoms with E-state index in [1.54, 1.807) is 0 Å². The smallest absolute Gasteiger partial charge is 0.245 e. The van der Waals surface area contributed by atoms with Crippen LogP contribution in [0.15, 0.2) is 28.8 Å². The van der Waals surface area contributed by atoms with Crippen LogP contribution in [0.25, 0.3) is 0 Å². The highest BCUT2D eigenvalue weighted by atomic mass is 16.5. The van der Waals surface area contributed by atoms with Crippen molar-refractivity contribution < 1.29 is 9.26 Å². The van der Waals surface area contributed by atoms with Gasteiger partial charge in [-0.1, -0.05) is 31.1 Å². The highest BCUT2D eigenvalue weighted by molar-refractivity contribution is 5.56. The number of benzene rings is 1. The standard InChI is InChI=1S/C15H21N3O2/c1-4-19-13-8-6-5-7-12(13)16-10-15-17-14(18-20-15)9-11(2)3/h5-8,11,16H,4,9-10H2,1-3H3. The lowest BCUT2D eigenvalue weighted by Gasteiger charge is -2.10. The first-order chi connectivity index (χ1) is 9.69. The van der Waals surface area contributed by atoms with Crippen LogP contribution in [0.4, 0.5) is 5.69 Å². The van der Waals surface area contributed by atoms with E-state index in [0.717, 1.165) is 23.7 Å². The van der Waals surface area contributed by atoms with Gasteiger partial charge in [0.15, 0.2) is 5.82 Å². The molecule has 0 unspecified atom stereocenters. The summed E-state index contributed by atoms with van der Waals surface area (Å²) in [6, 6.07) is 7.81. The maximum atomic E-state index is 5.55. The normalized spacial score (nSPS) is 10.8. The second-order valence-electron chi connectivity index (χ2n) is 4.99.